The van der Waals surface area contributed by atoms with E-state index >= 15 is 0 Å². The Morgan fingerprint density at radius 2 is 2.00 bits per heavy atom. The van der Waals surface area contributed by atoms with E-state index in [9.17, 15) is 4.79 Å². The zero-order valence-corrected chi connectivity index (χ0v) is 14.2. The van der Waals surface area contributed by atoms with Gasteiger partial charge in [0.25, 0.3) is 5.91 Å². The molecule has 27 heavy (non-hydrogen) atoms. The van der Waals surface area contributed by atoms with Gasteiger partial charge in [0, 0.05) is 24.1 Å². The molecule has 0 saturated carbocycles. The highest BCUT2D eigenvalue weighted by atomic mass is 16.5. The minimum absolute atomic E-state index is 0.289. The number of anilines is 1. The predicted molar refractivity (Wildman–Crippen MR) is 94.9 cm³/mol. The molecule has 1 aromatic carbocycles. The molecule has 0 fully saturated rings. The molecule has 0 saturated heterocycles. The summed E-state index contributed by atoms with van der Waals surface area (Å²) in [6.07, 6.45) is 6.46. The second-order valence-electron chi connectivity index (χ2n) is 5.58. The molecule has 9 nitrogen and oxygen atoms in total. The number of aryl methyl sites for hydroxylation is 1. The van der Waals surface area contributed by atoms with Crippen LogP contribution in [0.1, 0.15) is 16.1 Å². The van der Waals surface area contributed by atoms with Crippen molar-refractivity contribution in [1.82, 2.24) is 24.9 Å². The number of aromatic nitrogens is 5. The molecular weight excluding hydrogens is 348 g/mol. The second kappa shape index (κ2) is 7.08. The van der Waals surface area contributed by atoms with Crippen LogP contribution in [0, 0.1) is 6.92 Å². The number of rotatable bonds is 5. The Morgan fingerprint density at radius 3 is 2.63 bits per heavy atom. The van der Waals surface area contributed by atoms with E-state index in [2.05, 4.69) is 25.7 Å². The van der Waals surface area contributed by atoms with Gasteiger partial charge in [0.2, 0.25) is 5.88 Å². The molecule has 0 atom stereocenters. The third-order valence-corrected chi connectivity index (χ3v) is 3.72. The van der Waals surface area contributed by atoms with Crippen molar-refractivity contribution < 1.29 is 14.1 Å². The average molecular weight is 362 g/mol. The van der Waals surface area contributed by atoms with Crippen molar-refractivity contribution in [3.63, 3.8) is 0 Å². The van der Waals surface area contributed by atoms with Gasteiger partial charge in [-0.25, -0.2) is 4.98 Å². The number of imidazole rings is 1. The molecule has 0 aliphatic rings. The van der Waals surface area contributed by atoms with Crippen molar-refractivity contribution in [2.45, 2.75) is 6.92 Å². The lowest BCUT2D eigenvalue weighted by Gasteiger charge is -2.07. The number of hydrogen-bond acceptors (Lipinski definition) is 7. The van der Waals surface area contributed by atoms with E-state index in [-0.39, 0.29) is 5.91 Å². The van der Waals surface area contributed by atoms with Crippen molar-refractivity contribution in [2.24, 2.45) is 0 Å². The monoisotopic (exact) mass is 362 g/mol. The lowest BCUT2D eigenvalue weighted by Crippen LogP contribution is -2.11. The fourth-order valence-electron chi connectivity index (χ4n) is 2.34. The first kappa shape index (κ1) is 16.5. The summed E-state index contributed by atoms with van der Waals surface area (Å²) in [6, 6.07) is 10.4. The van der Waals surface area contributed by atoms with Gasteiger partial charge in [-0.15, -0.1) is 10.2 Å². The third kappa shape index (κ3) is 3.66. The van der Waals surface area contributed by atoms with E-state index in [1.54, 1.807) is 66.6 Å². The smallest absolute Gasteiger partial charge is 0.260 e. The molecule has 4 rings (SSSR count). The van der Waals surface area contributed by atoms with Crippen LogP contribution in [0.3, 0.4) is 0 Å². The van der Waals surface area contributed by atoms with Crippen LogP contribution in [0.4, 0.5) is 5.69 Å². The summed E-state index contributed by atoms with van der Waals surface area (Å²) in [6.45, 7) is 1.68. The molecule has 0 aliphatic heterocycles. The number of nitrogens with one attached hydrogen (secondary N) is 1. The van der Waals surface area contributed by atoms with Gasteiger partial charge in [0.1, 0.15) is 23.4 Å². The van der Waals surface area contributed by atoms with Crippen LogP contribution in [-0.2, 0) is 0 Å². The molecule has 9 heteroatoms. The topological polar surface area (TPSA) is 108 Å². The molecule has 1 N–H and O–H groups in total. The largest absolute Gasteiger partial charge is 0.438 e. The van der Waals surface area contributed by atoms with Crippen LogP contribution in [-0.4, -0.2) is 30.8 Å². The Labute approximate surface area is 153 Å². The van der Waals surface area contributed by atoms with Crippen LogP contribution < -0.4 is 10.1 Å². The summed E-state index contributed by atoms with van der Waals surface area (Å²) in [5.74, 6) is 1.74. The molecule has 0 radical (unpaired) electrons. The Kier molecular flexibility index (Phi) is 4.32. The fourth-order valence-corrected chi connectivity index (χ4v) is 2.34. The van der Waals surface area contributed by atoms with Crippen molar-refractivity contribution in [2.75, 3.05) is 5.32 Å². The second-order valence-corrected chi connectivity index (χ2v) is 5.58. The molecule has 0 spiro atoms. The standard InChI is InChI=1S/C18H14N6O3/c1-12-15(10-20-27-12)18(25)21-13-2-4-14(5-3-13)26-17-7-6-16(22-23-17)24-9-8-19-11-24/h2-11H,1H3,(H,21,25). The molecule has 0 bridgehead atoms. The highest BCUT2D eigenvalue weighted by Gasteiger charge is 2.13. The maximum Gasteiger partial charge on any atom is 0.260 e. The molecular formula is C18H14N6O3. The average Bonchev–Trinajstić information content (AvgIpc) is 3.36. The third-order valence-electron chi connectivity index (χ3n) is 3.72. The van der Waals surface area contributed by atoms with Gasteiger partial charge in [-0.2, -0.15) is 0 Å². The maximum atomic E-state index is 12.1. The Bertz CT molecular complexity index is 1040. The molecule has 3 heterocycles. The van der Waals surface area contributed by atoms with Crippen LogP contribution in [0.2, 0.25) is 0 Å². The number of carbonyl (C=O) groups is 1. The van der Waals surface area contributed by atoms with E-state index in [0.29, 0.717) is 34.5 Å². The first-order valence-corrected chi connectivity index (χ1v) is 8.01. The number of hydrogen-bond donors (Lipinski definition) is 1. The molecule has 4 aromatic rings. The van der Waals surface area contributed by atoms with E-state index in [1.807, 2.05) is 0 Å². The van der Waals surface area contributed by atoms with Gasteiger partial charge in [-0.3, -0.25) is 9.36 Å². The van der Waals surface area contributed by atoms with Crippen molar-refractivity contribution >= 4 is 11.6 Å². The van der Waals surface area contributed by atoms with Crippen LogP contribution in [0.25, 0.3) is 5.82 Å². The Balaban J connectivity index is 1.40. The summed E-state index contributed by atoms with van der Waals surface area (Å²) < 4.78 is 12.3. The Hall–Kier alpha value is -4.01. The first-order valence-electron chi connectivity index (χ1n) is 8.01. The molecule has 3 aromatic heterocycles. The number of benzene rings is 1. The Morgan fingerprint density at radius 1 is 1.15 bits per heavy atom. The van der Waals surface area contributed by atoms with E-state index in [4.69, 9.17) is 9.26 Å². The lowest BCUT2D eigenvalue weighted by molar-refractivity contribution is 0.102. The number of amides is 1. The van der Waals surface area contributed by atoms with Gasteiger partial charge in [0.15, 0.2) is 5.82 Å². The SMILES string of the molecule is Cc1oncc1C(=O)Nc1ccc(Oc2ccc(-n3ccnc3)nn2)cc1. The lowest BCUT2D eigenvalue weighted by atomic mass is 10.2. The van der Waals surface area contributed by atoms with Gasteiger partial charge in [-0.1, -0.05) is 5.16 Å². The zero-order valence-electron chi connectivity index (χ0n) is 14.2. The minimum Gasteiger partial charge on any atom is -0.438 e. The van der Waals surface area contributed by atoms with Crippen LogP contribution in [0.15, 0.2) is 65.8 Å². The molecule has 134 valence electrons. The number of carbonyl (C=O) groups excluding carboxylic acids is 1. The van der Waals surface area contributed by atoms with Gasteiger partial charge >= 0.3 is 0 Å². The minimum atomic E-state index is -0.289. The van der Waals surface area contributed by atoms with Crippen LogP contribution >= 0.6 is 0 Å². The quantitative estimate of drug-likeness (QED) is 0.581. The first-order chi connectivity index (χ1) is 13.2. The van der Waals surface area contributed by atoms with Crippen molar-refractivity contribution in [3.05, 3.63) is 72.6 Å². The number of ether oxygens (including phenoxy) is 1. The summed E-state index contributed by atoms with van der Waals surface area (Å²) in [7, 11) is 0. The molecule has 1 amide bonds. The van der Waals surface area contributed by atoms with Crippen molar-refractivity contribution in [3.8, 4) is 17.4 Å². The normalized spacial score (nSPS) is 10.6. The molecule has 0 unspecified atom stereocenters. The highest BCUT2D eigenvalue weighted by Crippen LogP contribution is 2.22. The summed E-state index contributed by atoms with van der Waals surface area (Å²) in [5, 5.41) is 14.5. The van der Waals surface area contributed by atoms with E-state index in [1.165, 1.54) is 6.20 Å². The van der Waals surface area contributed by atoms with Gasteiger partial charge in [0.05, 0.1) is 6.20 Å². The molecule has 0 aliphatic carbocycles. The summed E-state index contributed by atoms with van der Waals surface area (Å²) in [4.78, 5) is 16.1. The highest BCUT2D eigenvalue weighted by molar-refractivity contribution is 6.04. The van der Waals surface area contributed by atoms with Crippen LogP contribution in [0.5, 0.6) is 11.6 Å². The summed E-state index contributed by atoms with van der Waals surface area (Å²) >= 11 is 0. The predicted octanol–water partition coefficient (Wildman–Crippen LogP) is 3.00. The maximum absolute atomic E-state index is 12.1. The van der Waals surface area contributed by atoms with Gasteiger partial charge < -0.3 is 14.6 Å². The zero-order chi connectivity index (χ0) is 18.6. The fraction of sp³-hybridized carbons (Fsp3) is 0.0556. The number of nitrogens with zero attached hydrogens (tertiary/aromatic N) is 5. The summed E-state index contributed by atoms with van der Waals surface area (Å²) in [5.41, 5.74) is 1.01. The van der Waals surface area contributed by atoms with E-state index < -0.39 is 0 Å². The van der Waals surface area contributed by atoms with Gasteiger partial charge in [-0.05, 0) is 37.3 Å². The van der Waals surface area contributed by atoms with E-state index in [0.717, 1.165) is 0 Å². The van der Waals surface area contributed by atoms with Crippen molar-refractivity contribution in [1.29, 1.82) is 0 Å².